The van der Waals surface area contributed by atoms with Crippen LogP contribution in [0.4, 0.5) is 0 Å². The molecule has 0 saturated carbocycles. The fraction of sp³-hybridized carbons (Fsp3) is 0.421. The molecule has 3 amide bonds. The fourth-order valence-corrected chi connectivity index (χ4v) is 4.51. The minimum atomic E-state index is -1.69. The molecule has 0 bridgehead atoms. The summed E-state index contributed by atoms with van der Waals surface area (Å²) < 4.78 is 0. The first-order valence-corrected chi connectivity index (χ1v) is 9.06. The highest BCUT2D eigenvalue weighted by molar-refractivity contribution is 6.09. The number of nitrogen functional groups attached to an aromatic ring is 1. The van der Waals surface area contributed by atoms with Crippen molar-refractivity contribution in [2.24, 2.45) is 23.3 Å². The second kappa shape index (κ2) is 6.96. The van der Waals surface area contributed by atoms with Crippen molar-refractivity contribution in [1.82, 2.24) is 9.80 Å². The second-order valence-electron chi connectivity index (χ2n) is 7.58. The third-order valence-corrected chi connectivity index (χ3v) is 6.04. The smallest absolute Gasteiger partial charge is 0.324 e. The van der Waals surface area contributed by atoms with Crippen LogP contribution in [0.1, 0.15) is 30.5 Å². The average Bonchev–Trinajstić information content (AvgIpc) is 3.06. The molecule has 0 spiro atoms. The van der Waals surface area contributed by atoms with E-state index < -0.39 is 47.1 Å². The van der Waals surface area contributed by atoms with Gasteiger partial charge in [0.1, 0.15) is 11.4 Å². The standard InChI is InChI=1S/C19H23N5O5/c1-19(18(28)29)13-12(16(26)23(2)17(13)27)14(24(19)8-7-11(20)25)9-3-5-10(6-4-9)15(21)22/h3-6,12-14H,7-8H2,1-2H3,(H2,20,25)(H3,21,22)(H,28,29). The number of carboxylic acid groups (broad SMARTS) is 1. The summed E-state index contributed by atoms with van der Waals surface area (Å²) in [5.41, 5.74) is 10.1. The summed E-state index contributed by atoms with van der Waals surface area (Å²) in [5.74, 6) is -5.03. The Morgan fingerprint density at radius 3 is 2.24 bits per heavy atom. The van der Waals surface area contributed by atoms with E-state index in [-0.39, 0.29) is 18.8 Å². The van der Waals surface area contributed by atoms with Crippen LogP contribution in [-0.4, -0.2) is 63.6 Å². The minimum Gasteiger partial charge on any atom is -0.480 e. The van der Waals surface area contributed by atoms with Crippen molar-refractivity contribution < 1.29 is 24.3 Å². The van der Waals surface area contributed by atoms with Gasteiger partial charge in [0, 0.05) is 31.6 Å². The molecule has 154 valence electrons. The molecule has 0 aliphatic carbocycles. The van der Waals surface area contributed by atoms with Crippen molar-refractivity contribution in [2.75, 3.05) is 13.6 Å². The number of benzene rings is 1. The highest BCUT2D eigenvalue weighted by atomic mass is 16.4. The van der Waals surface area contributed by atoms with Crippen LogP contribution in [0.5, 0.6) is 0 Å². The minimum absolute atomic E-state index is 0.0193. The first-order chi connectivity index (χ1) is 13.5. The van der Waals surface area contributed by atoms with Gasteiger partial charge in [0.15, 0.2) is 0 Å². The highest BCUT2D eigenvalue weighted by Crippen LogP contribution is 2.54. The van der Waals surface area contributed by atoms with E-state index in [0.717, 1.165) is 4.90 Å². The van der Waals surface area contributed by atoms with Gasteiger partial charge in [-0.2, -0.15) is 0 Å². The maximum atomic E-state index is 12.9. The number of rotatable bonds is 6. The van der Waals surface area contributed by atoms with E-state index >= 15 is 0 Å². The number of nitrogens with one attached hydrogen (secondary N) is 1. The fourth-order valence-electron chi connectivity index (χ4n) is 4.51. The zero-order valence-corrected chi connectivity index (χ0v) is 16.1. The summed E-state index contributed by atoms with van der Waals surface area (Å²) >= 11 is 0. The molecular formula is C19H23N5O5. The van der Waals surface area contributed by atoms with Gasteiger partial charge in [0.05, 0.1) is 11.8 Å². The van der Waals surface area contributed by atoms with E-state index in [1.54, 1.807) is 24.3 Å². The predicted octanol–water partition coefficient (Wildman–Crippen LogP) is -0.723. The SMILES string of the molecule is CN1C(=O)C2C(c3ccc(C(=N)N)cc3)N(CCC(N)=O)C(C)(C(=O)O)C2C1=O. The number of amides is 3. The quantitative estimate of drug-likeness (QED) is 0.277. The number of fused-ring (bicyclic) bond motifs is 1. The first kappa shape index (κ1) is 20.5. The molecule has 0 radical (unpaired) electrons. The van der Waals surface area contributed by atoms with E-state index in [9.17, 15) is 24.3 Å². The maximum absolute atomic E-state index is 12.9. The summed E-state index contributed by atoms with van der Waals surface area (Å²) in [4.78, 5) is 51.9. The van der Waals surface area contributed by atoms with Gasteiger partial charge in [0.25, 0.3) is 0 Å². The average molecular weight is 401 g/mol. The monoisotopic (exact) mass is 401 g/mol. The van der Waals surface area contributed by atoms with Crippen LogP contribution in [0.3, 0.4) is 0 Å². The van der Waals surface area contributed by atoms with Gasteiger partial charge in [-0.3, -0.25) is 34.4 Å². The normalized spacial score (nSPS) is 29.2. The lowest BCUT2D eigenvalue weighted by Gasteiger charge is -2.38. The predicted molar refractivity (Wildman–Crippen MR) is 102 cm³/mol. The van der Waals surface area contributed by atoms with Crippen molar-refractivity contribution in [2.45, 2.75) is 24.9 Å². The third kappa shape index (κ3) is 2.96. The largest absolute Gasteiger partial charge is 0.480 e. The molecule has 2 fully saturated rings. The number of nitrogens with zero attached hydrogens (tertiary/aromatic N) is 2. The Hall–Kier alpha value is -3.27. The Kier molecular flexibility index (Phi) is 4.91. The Balaban J connectivity index is 2.16. The molecule has 2 aliphatic heterocycles. The van der Waals surface area contributed by atoms with Crippen LogP contribution >= 0.6 is 0 Å². The number of aliphatic carboxylic acids is 1. The molecule has 4 atom stereocenters. The molecule has 0 aromatic heterocycles. The number of carbonyl (C=O) groups is 4. The molecule has 2 saturated heterocycles. The van der Waals surface area contributed by atoms with Crippen LogP contribution in [0.2, 0.25) is 0 Å². The molecule has 10 heteroatoms. The lowest BCUT2D eigenvalue weighted by Crippen LogP contribution is -2.55. The molecule has 1 aromatic carbocycles. The summed E-state index contributed by atoms with van der Waals surface area (Å²) in [6, 6.07) is 5.75. The molecule has 2 heterocycles. The maximum Gasteiger partial charge on any atom is 0.324 e. The Morgan fingerprint density at radius 2 is 1.76 bits per heavy atom. The summed E-state index contributed by atoms with van der Waals surface area (Å²) in [7, 11) is 1.34. The van der Waals surface area contributed by atoms with Crippen LogP contribution in [0.25, 0.3) is 0 Å². The summed E-state index contributed by atoms with van der Waals surface area (Å²) in [6.07, 6.45) is -0.122. The Bertz CT molecular complexity index is 914. The lowest BCUT2D eigenvalue weighted by atomic mass is 9.80. The van der Waals surface area contributed by atoms with Crippen molar-refractivity contribution in [3.63, 3.8) is 0 Å². The molecule has 4 unspecified atom stereocenters. The van der Waals surface area contributed by atoms with Gasteiger partial charge in [-0.25, -0.2) is 0 Å². The molecular weight excluding hydrogens is 378 g/mol. The van der Waals surface area contributed by atoms with Gasteiger partial charge in [-0.1, -0.05) is 24.3 Å². The number of likely N-dealkylation sites (tertiary alicyclic amines) is 2. The highest BCUT2D eigenvalue weighted by Gasteiger charge is 2.69. The number of hydrogen-bond donors (Lipinski definition) is 4. The molecule has 1 aromatic rings. The number of amidine groups is 1. The molecule has 6 N–H and O–H groups in total. The number of carbonyl (C=O) groups excluding carboxylic acids is 3. The van der Waals surface area contributed by atoms with Crippen LogP contribution in [-0.2, 0) is 19.2 Å². The van der Waals surface area contributed by atoms with Gasteiger partial charge < -0.3 is 16.6 Å². The number of nitrogens with two attached hydrogens (primary N) is 2. The number of hydrogen-bond acceptors (Lipinski definition) is 6. The summed E-state index contributed by atoms with van der Waals surface area (Å²) in [5, 5.41) is 17.6. The Labute approximate surface area is 166 Å². The van der Waals surface area contributed by atoms with Crippen molar-refractivity contribution >= 4 is 29.5 Å². The Morgan fingerprint density at radius 1 is 1.17 bits per heavy atom. The van der Waals surface area contributed by atoms with E-state index in [1.165, 1.54) is 18.9 Å². The second-order valence-corrected chi connectivity index (χ2v) is 7.58. The van der Waals surface area contributed by atoms with Gasteiger partial charge >= 0.3 is 5.97 Å². The van der Waals surface area contributed by atoms with Crippen LogP contribution < -0.4 is 11.5 Å². The number of carboxylic acids is 1. The van der Waals surface area contributed by atoms with E-state index in [4.69, 9.17) is 16.9 Å². The summed E-state index contributed by atoms with van der Waals surface area (Å²) in [6.45, 7) is 1.39. The first-order valence-electron chi connectivity index (χ1n) is 9.06. The lowest BCUT2D eigenvalue weighted by molar-refractivity contribution is -0.157. The van der Waals surface area contributed by atoms with Gasteiger partial charge in [0.2, 0.25) is 17.7 Å². The number of imide groups is 1. The van der Waals surface area contributed by atoms with E-state index in [0.29, 0.717) is 11.1 Å². The molecule has 10 nitrogen and oxygen atoms in total. The van der Waals surface area contributed by atoms with Crippen LogP contribution in [0.15, 0.2) is 24.3 Å². The third-order valence-electron chi connectivity index (χ3n) is 6.04. The van der Waals surface area contributed by atoms with Crippen molar-refractivity contribution in [3.05, 3.63) is 35.4 Å². The molecule has 3 rings (SSSR count). The van der Waals surface area contributed by atoms with E-state index in [2.05, 4.69) is 0 Å². The topological polar surface area (TPSA) is 171 Å². The molecule has 29 heavy (non-hydrogen) atoms. The van der Waals surface area contributed by atoms with E-state index in [1.807, 2.05) is 0 Å². The van der Waals surface area contributed by atoms with Gasteiger partial charge in [-0.15, -0.1) is 0 Å². The molecule has 2 aliphatic rings. The van der Waals surface area contributed by atoms with Crippen molar-refractivity contribution in [3.8, 4) is 0 Å². The zero-order valence-electron chi connectivity index (χ0n) is 16.1. The van der Waals surface area contributed by atoms with Gasteiger partial charge in [-0.05, 0) is 12.5 Å². The van der Waals surface area contributed by atoms with Crippen molar-refractivity contribution in [1.29, 1.82) is 5.41 Å². The zero-order chi connectivity index (χ0) is 21.7. The number of primary amides is 1. The van der Waals surface area contributed by atoms with Crippen LogP contribution in [0, 0.1) is 17.2 Å².